The van der Waals surface area contributed by atoms with Gasteiger partial charge in [0.1, 0.15) is 17.3 Å². The Hall–Kier alpha value is -3.67. The van der Waals surface area contributed by atoms with Gasteiger partial charge in [0.25, 0.3) is 0 Å². The molecule has 0 spiro atoms. The molecule has 11 nitrogen and oxygen atoms in total. The molecule has 2 aliphatic carbocycles. The maximum absolute atomic E-state index is 13.8. The van der Waals surface area contributed by atoms with Crippen LogP contribution in [0.1, 0.15) is 47.3 Å². The molecule has 2 aliphatic rings. The van der Waals surface area contributed by atoms with Gasteiger partial charge in [0.15, 0.2) is 11.4 Å². The van der Waals surface area contributed by atoms with Gasteiger partial charge in [-0.25, -0.2) is 10.2 Å². The number of phenols is 2. The standard InChI is InChI=1S/C26H30N4O7.ClH/c1-5-8-28-25(36)30-29-12(4)16-22(33)19(27)15-9-14-11(3)13-7-6-10(2)20(31)17(13)21(32)18(14)24(35)26(15,37)23(16)34;/h6-7,15,19,31-32,34,37H,5,8-9,27H2,1-4H3,(H2,28,30,36);1H/b29-12+;/t15-,19+,26+;/m0./s1. The number of urea groups is 1. The summed E-state index contributed by atoms with van der Waals surface area (Å²) in [6.07, 6.45) is 0.589. The molecule has 2 aromatic rings. The van der Waals surface area contributed by atoms with Gasteiger partial charge >= 0.3 is 6.03 Å². The van der Waals surface area contributed by atoms with Gasteiger partial charge < -0.3 is 31.5 Å². The van der Waals surface area contributed by atoms with Crippen molar-refractivity contribution in [1.82, 2.24) is 10.7 Å². The smallest absolute Gasteiger partial charge is 0.335 e. The van der Waals surface area contributed by atoms with E-state index < -0.39 is 52.2 Å². The Labute approximate surface area is 224 Å². The molecule has 0 aliphatic heterocycles. The first-order valence-corrected chi connectivity index (χ1v) is 11.9. The minimum atomic E-state index is -2.64. The van der Waals surface area contributed by atoms with Crippen molar-refractivity contribution in [1.29, 1.82) is 0 Å². The van der Waals surface area contributed by atoms with E-state index in [2.05, 4.69) is 15.8 Å². The van der Waals surface area contributed by atoms with Crippen LogP contribution in [0.2, 0.25) is 0 Å². The summed E-state index contributed by atoms with van der Waals surface area (Å²) in [5.41, 5.74) is 6.28. The van der Waals surface area contributed by atoms with E-state index in [1.807, 2.05) is 6.92 Å². The molecule has 0 aromatic heterocycles. The summed E-state index contributed by atoms with van der Waals surface area (Å²) < 4.78 is 0. The van der Waals surface area contributed by atoms with Crippen LogP contribution in [0.15, 0.2) is 28.6 Å². The Bertz CT molecular complexity index is 1430. The van der Waals surface area contributed by atoms with Crippen molar-refractivity contribution in [3.8, 4) is 11.5 Å². The molecule has 38 heavy (non-hydrogen) atoms. The molecule has 0 saturated heterocycles. The van der Waals surface area contributed by atoms with Crippen molar-refractivity contribution >= 4 is 46.5 Å². The normalized spacial score (nSPS) is 23.1. The predicted octanol–water partition coefficient (Wildman–Crippen LogP) is 2.18. The molecule has 4 rings (SSSR count). The number of ketones is 2. The van der Waals surface area contributed by atoms with Gasteiger partial charge in [-0.15, -0.1) is 12.4 Å². The number of aryl methyl sites for hydroxylation is 2. The Kier molecular flexibility index (Phi) is 7.79. The van der Waals surface area contributed by atoms with Crippen LogP contribution in [0, 0.1) is 19.8 Å². The molecule has 8 N–H and O–H groups in total. The maximum atomic E-state index is 13.8. The summed E-state index contributed by atoms with van der Waals surface area (Å²) in [7, 11) is 0. The second-order valence-corrected chi connectivity index (χ2v) is 9.57. The molecule has 0 radical (unpaired) electrons. The van der Waals surface area contributed by atoms with Gasteiger partial charge in [0.05, 0.1) is 28.3 Å². The minimum Gasteiger partial charge on any atom is -0.508 e. The highest BCUT2D eigenvalue weighted by molar-refractivity contribution is 6.27. The number of phenolic OH excluding ortho intramolecular Hbond substituents is 2. The number of Topliss-reactive ketones (excluding diaryl/α,β-unsaturated/α-hetero) is 2. The van der Waals surface area contributed by atoms with Crippen LogP contribution >= 0.6 is 12.4 Å². The Morgan fingerprint density at radius 3 is 2.47 bits per heavy atom. The molecule has 0 saturated carbocycles. The molecule has 0 unspecified atom stereocenters. The monoisotopic (exact) mass is 546 g/mol. The second-order valence-electron chi connectivity index (χ2n) is 9.57. The van der Waals surface area contributed by atoms with Crippen molar-refractivity contribution in [3.05, 3.63) is 45.7 Å². The molecule has 204 valence electrons. The number of aliphatic hydroxyl groups is 2. The lowest BCUT2D eigenvalue weighted by molar-refractivity contribution is -0.122. The molecule has 2 amide bonds. The number of hydrogen-bond acceptors (Lipinski definition) is 9. The summed E-state index contributed by atoms with van der Waals surface area (Å²) in [6.45, 7) is 6.91. The lowest BCUT2D eigenvalue weighted by Gasteiger charge is -2.45. The van der Waals surface area contributed by atoms with Crippen LogP contribution in [-0.4, -0.2) is 61.9 Å². The number of aliphatic hydroxyl groups excluding tert-OH is 1. The third-order valence-corrected chi connectivity index (χ3v) is 7.35. The number of fused-ring (bicyclic) bond motifs is 3. The quantitative estimate of drug-likeness (QED) is 0.224. The fourth-order valence-corrected chi connectivity index (χ4v) is 5.24. The average Bonchev–Trinajstić information content (AvgIpc) is 2.86. The van der Waals surface area contributed by atoms with Crippen LogP contribution in [0.25, 0.3) is 10.8 Å². The average molecular weight is 547 g/mol. The van der Waals surface area contributed by atoms with Crippen molar-refractivity contribution < 1.29 is 34.8 Å². The molecule has 0 fully saturated rings. The van der Waals surface area contributed by atoms with Crippen LogP contribution in [-0.2, 0) is 11.2 Å². The number of benzene rings is 2. The number of carbonyl (C=O) groups is 3. The highest BCUT2D eigenvalue weighted by atomic mass is 35.5. The van der Waals surface area contributed by atoms with Gasteiger partial charge in [0.2, 0.25) is 5.78 Å². The van der Waals surface area contributed by atoms with E-state index in [0.717, 1.165) is 0 Å². The lowest BCUT2D eigenvalue weighted by atomic mass is 9.61. The molecule has 3 atom stereocenters. The largest absolute Gasteiger partial charge is 0.508 e. The maximum Gasteiger partial charge on any atom is 0.335 e. The second kappa shape index (κ2) is 10.2. The van der Waals surface area contributed by atoms with Crippen LogP contribution in [0.5, 0.6) is 11.5 Å². The van der Waals surface area contributed by atoms with Gasteiger partial charge in [-0.3, -0.25) is 9.59 Å². The number of hydrogen-bond donors (Lipinski definition) is 7. The fraction of sp³-hybridized carbons (Fsp3) is 0.385. The Balaban J connectivity index is 0.00000400. The van der Waals surface area contributed by atoms with Crippen molar-refractivity contribution in [2.45, 2.75) is 52.2 Å². The Morgan fingerprint density at radius 2 is 1.84 bits per heavy atom. The van der Waals surface area contributed by atoms with Crippen LogP contribution in [0.3, 0.4) is 0 Å². The van der Waals surface area contributed by atoms with Crippen molar-refractivity contribution in [2.75, 3.05) is 6.54 Å². The number of amides is 2. The van der Waals surface area contributed by atoms with E-state index in [-0.39, 0.29) is 41.2 Å². The van der Waals surface area contributed by atoms with Crippen molar-refractivity contribution in [3.63, 3.8) is 0 Å². The third-order valence-electron chi connectivity index (χ3n) is 7.35. The van der Waals surface area contributed by atoms with E-state index in [1.165, 1.54) is 6.92 Å². The first-order chi connectivity index (χ1) is 17.4. The van der Waals surface area contributed by atoms with Crippen LogP contribution in [0.4, 0.5) is 4.79 Å². The Morgan fingerprint density at radius 1 is 1.18 bits per heavy atom. The molecular weight excluding hydrogens is 516 g/mol. The number of nitrogens with two attached hydrogens (primary N) is 1. The molecular formula is C26H31ClN4O7. The third kappa shape index (κ3) is 4.07. The number of halogens is 1. The number of rotatable bonds is 4. The number of carbonyl (C=O) groups excluding carboxylic acids is 3. The first kappa shape index (κ1) is 28.9. The van der Waals surface area contributed by atoms with Gasteiger partial charge in [-0.1, -0.05) is 19.1 Å². The number of hydrazone groups is 1. The number of nitrogens with zero attached hydrogens (tertiary/aromatic N) is 1. The molecule has 2 aromatic carbocycles. The SMILES string of the molecule is CCCNC(=O)N/N=C(\C)C1=C(O)[C@@]2(O)C(=O)c3c(c(C)c4ccc(C)c(O)c4c3O)C[C@H]2[C@@H](N)C1=O.Cl. The van der Waals surface area contributed by atoms with E-state index in [0.29, 0.717) is 35.0 Å². The molecule has 0 bridgehead atoms. The zero-order chi connectivity index (χ0) is 27.4. The number of aromatic hydroxyl groups is 2. The zero-order valence-electron chi connectivity index (χ0n) is 21.4. The van der Waals surface area contributed by atoms with Crippen LogP contribution < -0.4 is 16.5 Å². The lowest BCUT2D eigenvalue weighted by Crippen LogP contribution is -2.63. The van der Waals surface area contributed by atoms with Gasteiger partial charge in [-0.05, 0) is 55.7 Å². The van der Waals surface area contributed by atoms with E-state index in [1.54, 1.807) is 26.0 Å². The summed E-state index contributed by atoms with van der Waals surface area (Å²) in [5.74, 6) is -4.74. The highest BCUT2D eigenvalue weighted by Crippen LogP contribution is 2.50. The first-order valence-electron chi connectivity index (χ1n) is 11.9. The van der Waals surface area contributed by atoms with E-state index >= 15 is 0 Å². The van der Waals surface area contributed by atoms with Crippen molar-refractivity contribution in [2.24, 2.45) is 16.8 Å². The summed E-state index contributed by atoms with van der Waals surface area (Å²) >= 11 is 0. The predicted molar refractivity (Wildman–Crippen MR) is 143 cm³/mol. The summed E-state index contributed by atoms with van der Waals surface area (Å²) in [5, 5.41) is 51.5. The number of nitrogens with one attached hydrogen (secondary N) is 2. The zero-order valence-corrected chi connectivity index (χ0v) is 22.2. The topological polar surface area (TPSA) is 195 Å². The summed E-state index contributed by atoms with van der Waals surface area (Å²) in [6, 6.07) is 1.34. The minimum absolute atomic E-state index is 0. The van der Waals surface area contributed by atoms with E-state index in [4.69, 9.17) is 5.73 Å². The molecule has 0 heterocycles. The fourth-order valence-electron chi connectivity index (χ4n) is 5.24. The molecule has 12 heteroatoms. The van der Waals surface area contributed by atoms with Gasteiger partial charge in [0, 0.05) is 12.5 Å². The summed E-state index contributed by atoms with van der Waals surface area (Å²) in [4.78, 5) is 38.9. The van der Waals surface area contributed by atoms with E-state index in [9.17, 15) is 34.8 Å². The van der Waals surface area contributed by atoms with Gasteiger partial charge in [-0.2, -0.15) is 5.10 Å². The highest BCUT2D eigenvalue weighted by Gasteiger charge is 2.60.